The van der Waals surface area contributed by atoms with E-state index in [0.717, 1.165) is 6.42 Å². The molecule has 0 rings (SSSR count). The molecule has 1 unspecified atom stereocenters. The molecule has 0 aliphatic heterocycles. The summed E-state index contributed by atoms with van der Waals surface area (Å²) in [5, 5.41) is 2.75. The molecule has 0 heterocycles. The first kappa shape index (κ1) is 16.9. The van der Waals surface area contributed by atoms with Gasteiger partial charge in [0.1, 0.15) is 0 Å². The van der Waals surface area contributed by atoms with E-state index in [1.54, 1.807) is 13.8 Å². The number of carbonyl (C=O) groups is 2. The molecule has 0 aromatic carbocycles. The van der Waals surface area contributed by atoms with Gasteiger partial charge in [0.25, 0.3) is 0 Å². The molecule has 5 heteroatoms. The minimum atomic E-state index is -0.716. The highest BCUT2D eigenvalue weighted by atomic mass is 16.2. The standard InChI is InChI=1S/C13H27N3O2/c1-9(2)5-10(7-14)6-11(17)16-8-13(3,4)12(15)18/h9-10H,5-8,14H2,1-4H3,(H2,15,18)(H,16,17). The van der Waals surface area contributed by atoms with Gasteiger partial charge in [0.15, 0.2) is 0 Å². The molecular formula is C13H27N3O2. The van der Waals surface area contributed by atoms with Crippen molar-refractivity contribution < 1.29 is 9.59 Å². The van der Waals surface area contributed by atoms with Crippen molar-refractivity contribution in [3.05, 3.63) is 0 Å². The molecule has 0 saturated carbocycles. The van der Waals surface area contributed by atoms with Gasteiger partial charge in [-0.3, -0.25) is 9.59 Å². The highest BCUT2D eigenvalue weighted by molar-refractivity contribution is 5.82. The second-order valence-corrected chi connectivity index (χ2v) is 5.96. The second kappa shape index (κ2) is 7.36. The lowest BCUT2D eigenvalue weighted by molar-refractivity contribution is -0.127. The highest BCUT2D eigenvalue weighted by Gasteiger charge is 2.25. The number of carbonyl (C=O) groups excluding carboxylic acids is 2. The van der Waals surface area contributed by atoms with Crippen LogP contribution in [-0.2, 0) is 9.59 Å². The predicted octanol–water partition coefficient (Wildman–Crippen LogP) is 0.625. The van der Waals surface area contributed by atoms with Crippen LogP contribution in [0.25, 0.3) is 0 Å². The van der Waals surface area contributed by atoms with E-state index >= 15 is 0 Å². The first-order valence-corrected chi connectivity index (χ1v) is 6.45. The maximum absolute atomic E-state index is 11.7. The summed E-state index contributed by atoms with van der Waals surface area (Å²) in [5.74, 6) is 0.232. The third-order valence-corrected chi connectivity index (χ3v) is 3.01. The maximum Gasteiger partial charge on any atom is 0.224 e. The first-order chi connectivity index (χ1) is 8.19. The Bertz CT molecular complexity index is 288. The van der Waals surface area contributed by atoms with Gasteiger partial charge < -0.3 is 16.8 Å². The molecule has 5 nitrogen and oxygen atoms in total. The van der Waals surface area contributed by atoms with Crippen LogP contribution in [0.1, 0.15) is 40.5 Å². The van der Waals surface area contributed by atoms with Crippen molar-refractivity contribution in [2.45, 2.75) is 40.5 Å². The van der Waals surface area contributed by atoms with Gasteiger partial charge in [-0.05, 0) is 38.6 Å². The van der Waals surface area contributed by atoms with E-state index in [2.05, 4.69) is 19.2 Å². The number of primary amides is 1. The van der Waals surface area contributed by atoms with Crippen LogP contribution in [0.3, 0.4) is 0 Å². The van der Waals surface area contributed by atoms with Gasteiger partial charge in [0.2, 0.25) is 11.8 Å². The molecule has 0 aliphatic rings. The molecule has 2 amide bonds. The Morgan fingerprint density at radius 3 is 2.22 bits per heavy atom. The number of hydrogen-bond donors (Lipinski definition) is 3. The van der Waals surface area contributed by atoms with Crippen LogP contribution >= 0.6 is 0 Å². The molecule has 0 aromatic heterocycles. The summed E-state index contributed by atoms with van der Waals surface area (Å²) in [6.45, 7) is 8.41. The van der Waals surface area contributed by atoms with E-state index < -0.39 is 11.3 Å². The fourth-order valence-electron chi connectivity index (χ4n) is 1.67. The lowest BCUT2D eigenvalue weighted by atomic mass is 9.91. The normalized spacial score (nSPS) is 13.4. The van der Waals surface area contributed by atoms with Crippen molar-refractivity contribution in [3.63, 3.8) is 0 Å². The van der Waals surface area contributed by atoms with E-state index in [4.69, 9.17) is 11.5 Å². The minimum Gasteiger partial charge on any atom is -0.369 e. The van der Waals surface area contributed by atoms with Gasteiger partial charge in [-0.25, -0.2) is 0 Å². The second-order valence-electron chi connectivity index (χ2n) is 5.96. The fourth-order valence-corrected chi connectivity index (χ4v) is 1.67. The molecule has 0 fully saturated rings. The third-order valence-electron chi connectivity index (χ3n) is 3.01. The molecule has 0 radical (unpaired) electrons. The average molecular weight is 257 g/mol. The largest absolute Gasteiger partial charge is 0.369 e. The molecule has 0 saturated heterocycles. The number of rotatable bonds is 8. The van der Waals surface area contributed by atoms with Gasteiger partial charge in [0, 0.05) is 13.0 Å². The first-order valence-electron chi connectivity index (χ1n) is 6.45. The quantitative estimate of drug-likeness (QED) is 0.594. The lowest BCUT2D eigenvalue weighted by Crippen LogP contribution is -2.43. The van der Waals surface area contributed by atoms with E-state index in [9.17, 15) is 9.59 Å². The maximum atomic E-state index is 11.7. The van der Waals surface area contributed by atoms with Crippen LogP contribution in [0.4, 0.5) is 0 Å². The van der Waals surface area contributed by atoms with E-state index in [-0.39, 0.29) is 18.4 Å². The molecule has 1 atom stereocenters. The molecule has 18 heavy (non-hydrogen) atoms. The van der Waals surface area contributed by atoms with Gasteiger partial charge in [0.05, 0.1) is 5.41 Å². The Morgan fingerprint density at radius 2 is 1.83 bits per heavy atom. The molecule has 0 aromatic rings. The molecule has 0 spiro atoms. The zero-order valence-corrected chi connectivity index (χ0v) is 12.0. The SMILES string of the molecule is CC(C)CC(CN)CC(=O)NCC(C)(C)C(N)=O. The molecule has 106 valence electrons. The summed E-state index contributed by atoms with van der Waals surface area (Å²) in [4.78, 5) is 22.9. The van der Waals surface area contributed by atoms with Crippen molar-refractivity contribution >= 4 is 11.8 Å². The zero-order chi connectivity index (χ0) is 14.3. The van der Waals surface area contributed by atoms with Crippen LogP contribution in [0, 0.1) is 17.3 Å². The van der Waals surface area contributed by atoms with Crippen molar-refractivity contribution in [2.75, 3.05) is 13.1 Å². The summed E-state index contributed by atoms with van der Waals surface area (Å²) >= 11 is 0. The summed E-state index contributed by atoms with van der Waals surface area (Å²) in [5.41, 5.74) is 10.2. The zero-order valence-electron chi connectivity index (χ0n) is 12.0. The lowest BCUT2D eigenvalue weighted by Gasteiger charge is -2.22. The van der Waals surface area contributed by atoms with Crippen LogP contribution < -0.4 is 16.8 Å². The third kappa shape index (κ3) is 6.59. The molecule has 0 bridgehead atoms. The van der Waals surface area contributed by atoms with Gasteiger partial charge in [-0.1, -0.05) is 13.8 Å². The topological polar surface area (TPSA) is 98.2 Å². The number of amides is 2. The Balaban J connectivity index is 4.14. The van der Waals surface area contributed by atoms with Crippen LogP contribution in [0.15, 0.2) is 0 Å². The van der Waals surface area contributed by atoms with Crippen molar-refractivity contribution in [1.82, 2.24) is 5.32 Å². The van der Waals surface area contributed by atoms with Crippen molar-refractivity contribution in [1.29, 1.82) is 0 Å². The monoisotopic (exact) mass is 257 g/mol. The summed E-state index contributed by atoms with van der Waals surface area (Å²) in [7, 11) is 0. The minimum absolute atomic E-state index is 0.0691. The Kier molecular flexibility index (Phi) is 6.91. The fraction of sp³-hybridized carbons (Fsp3) is 0.846. The summed E-state index contributed by atoms with van der Waals surface area (Å²) < 4.78 is 0. The smallest absolute Gasteiger partial charge is 0.224 e. The predicted molar refractivity (Wildman–Crippen MR) is 72.6 cm³/mol. The Morgan fingerprint density at radius 1 is 1.28 bits per heavy atom. The Labute approximate surface area is 110 Å². The van der Waals surface area contributed by atoms with Crippen LogP contribution in [0.5, 0.6) is 0 Å². The van der Waals surface area contributed by atoms with Crippen LogP contribution in [0.2, 0.25) is 0 Å². The van der Waals surface area contributed by atoms with Gasteiger partial charge in [-0.2, -0.15) is 0 Å². The molecule has 0 aliphatic carbocycles. The molecule has 5 N–H and O–H groups in total. The van der Waals surface area contributed by atoms with Gasteiger partial charge >= 0.3 is 0 Å². The number of nitrogens with two attached hydrogens (primary N) is 2. The summed E-state index contributed by atoms with van der Waals surface area (Å²) in [6.07, 6.45) is 1.34. The number of nitrogens with one attached hydrogen (secondary N) is 1. The van der Waals surface area contributed by atoms with Gasteiger partial charge in [-0.15, -0.1) is 0 Å². The number of hydrogen-bond acceptors (Lipinski definition) is 3. The summed E-state index contributed by atoms with van der Waals surface area (Å²) in [6, 6.07) is 0. The van der Waals surface area contributed by atoms with Crippen molar-refractivity contribution in [3.8, 4) is 0 Å². The Hall–Kier alpha value is -1.10. The van der Waals surface area contributed by atoms with E-state index in [0.29, 0.717) is 18.9 Å². The van der Waals surface area contributed by atoms with Crippen LogP contribution in [-0.4, -0.2) is 24.9 Å². The highest BCUT2D eigenvalue weighted by Crippen LogP contribution is 2.15. The average Bonchev–Trinajstić information content (AvgIpc) is 2.24. The van der Waals surface area contributed by atoms with E-state index in [1.165, 1.54) is 0 Å². The van der Waals surface area contributed by atoms with Crippen molar-refractivity contribution in [2.24, 2.45) is 28.7 Å². The van der Waals surface area contributed by atoms with E-state index in [1.807, 2.05) is 0 Å². The molecular weight excluding hydrogens is 230 g/mol.